The van der Waals surface area contributed by atoms with E-state index in [1.807, 2.05) is 0 Å². The Kier molecular flexibility index (Phi) is 40.5. The molecule has 272 valence electrons. The van der Waals surface area contributed by atoms with Gasteiger partial charge in [-0.3, -0.25) is 0 Å². The van der Waals surface area contributed by atoms with Crippen molar-refractivity contribution in [3.05, 3.63) is 0 Å². The van der Waals surface area contributed by atoms with Crippen molar-refractivity contribution in [2.75, 3.05) is 0 Å². The number of rotatable bonds is 42. The van der Waals surface area contributed by atoms with Gasteiger partial charge in [-0.1, -0.05) is 0 Å². The molecule has 0 radical (unpaired) electrons. The highest BCUT2D eigenvalue weighted by molar-refractivity contribution is 3.12. The third-order valence-electron chi connectivity index (χ3n) is 1.17. The van der Waals surface area contributed by atoms with Crippen LogP contribution in [-0.2, 0) is 217 Å². The van der Waals surface area contributed by atoms with Gasteiger partial charge in [0.05, 0.1) is 0 Å². The fraction of sp³-hybridized carbons (Fsp3) is 0. The Bertz CT molecular complexity index is 425. The highest BCUT2D eigenvalue weighted by atomic mass is 18.0. The summed E-state index contributed by atoms with van der Waals surface area (Å²) in [5.41, 5.74) is 0. The Balaban J connectivity index is 3.03. The highest BCUT2D eigenvalue weighted by Gasteiger charge is 2.03. The first-order valence-electron chi connectivity index (χ1n) is 7.37. The highest BCUT2D eigenvalue weighted by Crippen LogP contribution is 1.96. The molecule has 0 heterocycles. The molecule has 45 nitrogen and oxygen atoms in total. The van der Waals surface area contributed by atoms with Gasteiger partial charge in [0.1, 0.15) is 0 Å². The van der Waals surface area contributed by atoms with Crippen molar-refractivity contribution in [3.63, 3.8) is 0 Å². The predicted molar refractivity (Wildman–Crippen MR) is 51.9 cm³/mol. The molecule has 0 fully saturated rings. The van der Waals surface area contributed by atoms with Gasteiger partial charge in [0.15, 0.2) is 0 Å². The minimum absolute atomic E-state index is 2.87. The summed E-state index contributed by atoms with van der Waals surface area (Å²) in [6.45, 7) is 0. The van der Waals surface area contributed by atoms with Gasteiger partial charge in [0.2, 0.25) is 0 Å². The first-order chi connectivity index (χ1) is 22.4. The van der Waals surface area contributed by atoms with E-state index < -0.39 is 0 Å². The average molecular weight is 722 g/mol. The van der Waals surface area contributed by atoms with E-state index >= 15 is 0 Å². The quantitative estimate of drug-likeness (QED) is 0.0362. The van der Waals surface area contributed by atoms with Crippen molar-refractivity contribution in [2.24, 2.45) is 0 Å². The van der Waals surface area contributed by atoms with Crippen LogP contribution in [0.2, 0.25) is 0 Å². The lowest BCUT2D eigenvalue weighted by Gasteiger charge is -1.99. The second-order valence-electron chi connectivity index (χ2n) is 2.94. The molecule has 45 heavy (non-hydrogen) atoms. The Morgan fingerprint density at radius 2 is 0.178 bits per heavy atom. The Morgan fingerprint density at radius 1 is 0.111 bits per heavy atom. The molecule has 0 unspecified atom stereocenters. The van der Waals surface area contributed by atoms with E-state index in [4.69, 9.17) is 10.5 Å². The average Bonchev–Trinajstić information content (AvgIpc) is 3.05. The molecule has 0 aliphatic rings. The van der Waals surface area contributed by atoms with Crippen molar-refractivity contribution in [1.29, 1.82) is 0 Å². The molecule has 2 N–H and O–H groups in total. The van der Waals surface area contributed by atoms with Crippen molar-refractivity contribution in [1.82, 2.24) is 0 Å². The summed E-state index contributed by atoms with van der Waals surface area (Å²) in [6, 6.07) is 0. The van der Waals surface area contributed by atoms with Crippen LogP contribution in [0.15, 0.2) is 0 Å². The van der Waals surface area contributed by atoms with E-state index in [0.717, 1.165) is 0 Å². The summed E-state index contributed by atoms with van der Waals surface area (Å²) in [5, 5.41) is 162. The standard InChI is InChI=1S/H2O45/c1-3-5-7-9-11-13-15-17-19-21-23-25-27-29-31-33-35-37-39-41-43-45-44-42-40-38-36-34-32-30-28-26-24-22-20-18-16-14-12-10-8-6-4-2/h1-2H. The van der Waals surface area contributed by atoms with E-state index in [1.165, 1.54) is 0 Å². The van der Waals surface area contributed by atoms with E-state index in [1.54, 1.807) is 0 Å². The van der Waals surface area contributed by atoms with Gasteiger partial charge in [-0.15, -0.1) is 0 Å². The maximum Gasteiger partial charge on any atom is 0 e. The van der Waals surface area contributed by atoms with Gasteiger partial charge in [-0.05, 0) is 80.6 Å². The van der Waals surface area contributed by atoms with E-state index in [-0.39, 0.29) is 0 Å². The van der Waals surface area contributed by atoms with Crippen LogP contribution in [0.4, 0.5) is 0 Å². The largest absolute Gasteiger partial charge is 0.219 e. The second-order valence-corrected chi connectivity index (χ2v) is 2.94. The zero-order valence-corrected chi connectivity index (χ0v) is 18.4. The summed E-state index contributed by atoms with van der Waals surface area (Å²) in [7, 11) is 0. The van der Waals surface area contributed by atoms with Gasteiger partial charge < -0.3 is 0 Å². The minimum Gasteiger partial charge on any atom is -0.219 e. The molecule has 0 aliphatic heterocycles. The normalized spacial score (nSPS) is 11.6. The molecule has 0 aromatic rings. The first-order valence-corrected chi connectivity index (χ1v) is 7.37. The zero-order valence-electron chi connectivity index (χ0n) is 18.4. The molecule has 0 amide bonds. The summed E-state index contributed by atoms with van der Waals surface area (Å²) >= 11 is 0. The third-order valence-corrected chi connectivity index (χ3v) is 1.17. The SMILES string of the molecule is OOOOOOOOOOOOOOOOOOOOOOOOOOOOOOOOOOOOOOOOOOOOO. The predicted octanol–water partition coefficient (Wildman–Crippen LogP) is -2.92. The Morgan fingerprint density at radius 3 is 0.244 bits per heavy atom. The van der Waals surface area contributed by atoms with Crippen molar-refractivity contribution < 1.29 is 227 Å². The van der Waals surface area contributed by atoms with Crippen molar-refractivity contribution in [2.45, 2.75) is 0 Å². The number of hydrogen-bond donors (Lipinski definition) is 2. The lowest BCUT2D eigenvalue weighted by Crippen LogP contribution is -2.06. The van der Waals surface area contributed by atoms with Crippen LogP contribution in [0, 0.1) is 0 Å². The Labute approximate surface area is 229 Å². The summed E-state index contributed by atoms with van der Waals surface area (Å²) in [5.74, 6) is 0. The monoisotopic (exact) mass is 722 g/mol. The van der Waals surface area contributed by atoms with Crippen LogP contribution in [0.5, 0.6) is 0 Å². The maximum absolute atomic E-state index is 7.56. The molecule has 45 heteroatoms. The molecule has 0 spiro atoms. The fourth-order valence-electron chi connectivity index (χ4n) is 0.467. The topological polar surface area (TPSA) is 437 Å². The van der Waals surface area contributed by atoms with Gasteiger partial charge in [0.25, 0.3) is 0 Å². The maximum atomic E-state index is 7.56. The summed E-state index contributed by atoms with van der Waals surface area (Å²) in [6.07, 6.45) is 0. The fourth-order valence-corrected chi connectivity index (χ4v) is 0.467. The zero-order chi connectivity index (χ0) is 32.4. The van der Waals surface area contributed by atoms with Gasteiger partial charge >= 0.3 is 0 Å². The molecule has 0 aliphatic carbocycles. The summed E-state index contributed by atoms with van der Waals surface area (Å²) in [4.78, 5) is 0. The van der Waals surface area contributed by atoms with Crippen molar-refractivity contribution >= 4 is 0 Å². The van der Waals surface area contributed by atoms with E-state index in [0.29, 0.717) is 0 Å². The van der Waals surface area contributed by atoms with Crippen LogP contribution in [0.25, 0.3) is 0 Å². The molecule has 0 aromatic carbocycles. The molecule has 0 atom stereocenters. The second kappa shape index (κ2) is 42.2. The molecule has 0 saturated carbocycles. The lowest BCUT2D eigenvalue weighted by molar-refractivity contribution is -0.909. The smallest absolute Gasteiger partial charge is 0 e. The molecule has 0 rings (SSSR count). The minimum atomic E-state index is 2.87. The first kappa shape index (κ1) is 43.2. The van der Waals surface area contributed by atoms with Crippen molar-refractivity contribution in [3.8, 4) is 0 Å². The summed E-state index contributed by atoms with van der Waals surface area (Å²) < 4.78 is 0. The van der Waals surface area contributed by atoms with Crippen LogP contribution in [0.1, 0.15) is 0 Å². The van der Waals surface area contributed by atoms with Gasteiger partial charge in [-0.25, -0.2) is 10.5 Å². The van der Waals surface area contributed by atoms with Crippen LogP contribution >= 0.6 is 0 Å². The van der Waals surface area contributed by atoms with E-state index in [2.05, 4.69) is 217 Å². The molecular weight excluding hydrogens is 720 g/mol. The van der Waals surface area contributed by atoms with E-state index in [9.17, 15) is 0 Å². The van der Waals surface area contributed by atoms with Gasteiger partial charge in [-0.2, -0.15) is 0 Å². The molecular formula is H2O45. The molecule has 0 aromatic heterocycles. The van der Waals surface area contributed by atoms with Crippen LogP contribution in [0.3, 0.4) is 0 Å². The third kappa shape index (κ3) is 42.2. The lowest BCUT2D eigenvalue weighted by atomic mass is 14.0. The van der Waals surface area contributed by atoms with Crippen LogP contribution < -0.4 is 0 Å². The Hall–Kier alpha value is -1.80. The molecule has 0 saturated heterocycles. The number of hydrogen-bond acceptors (Lipinski definition) is 45. The van der Waals surface area contributed by atoms with Gasteiger partial charge in [0, 0.05) is 136 Å². The van der Waals surface area contributed by atoms with Crippen LogP contribution in [-0.4, -0.2) is 10.5 Å². The molecule has 0 bridgehead atoms.